The Bertz CT molecular complexity index is 693. The van der Waals surface area contributed by atoms with Crippen LogP contribution in [0.15, 0.2) is 36.7 Å². The molecule has 96 valence electrons. The number of nitrogens with one attached hydrogen (secondary N) is 1. The molecule has 0 saturated carbocycles. The van der Waals surface area contributed by atoms with E-state index in [-0.39, 0.29) is 6.04 Å². The molecule has 1 atom stereocenters. The summed E-state index contributed by atoms with van der Waals surface area (Å²) in [6, 6.07) is 7.78. The van der Waals surface area contributed by atoms with Crippen molar-refractivity contribution in [3.8, 4) is 0 Å². The number of benzene rings is 1. The van der Waals surface area contributed by atoms with Crippen LogP contribution in [0.1, 0.15) is 18.5 Å². The van der Waals surface area contributed by atoms with Crippen molar-refractivity contribution in [1.29, 1.82) is 0 Å². The minimum absolute atomic E-state index is 0.0915. The fraction of sp³-hybridized carbons (Fsp3) is 0.167. The van der Waals surface area contributed by atoms with Crippen LogP contribution in [0.3, 0.4) is 0 Å². The van der Waals surface area contributed by atoms with Gasteiger partial charge in [0, 0.05) is 11.1 Å². The summed E-state index contributed by atoms with van der Waals surface area (Å²) in [6.45, 7) is 2.05. The largest absolute Gasteiger partial charge is 0.362 e. The van der Waals surface area contributed by atoms with Crippen LogP contribution in [0.5, 0.6) is 0 Å². The van der Waals surface area contributed by atoms with Crippen LogP contribution in [-0.2, 0) is 0 Å². The van der Waals surface area contributed by atoms with E-state index in [1.165, 1.54) is 0 Å². The van der Waals surface area contributed by atoms with Crippen molar-refractivity contribution in [2.45, 2.75) is 13.0 Å². The molecule has 1 aromatic carbocycles. The Labute approximate surface area is 114 Å². The van der Waals surface area contributed by atoms with Gasteiger partial charge in [-0.2, -0.15) is 4.52 Å². The number of tetrazole rings is 1. The van der Waals surface area contributed by atoms with Gasteiger partial charge in [-0.25, -0.2) is 0 Å². The molecule has 6 nitrogen and oxygen atoms in total. The molecule has 0 amide bonds. The first-order chi connectivity index (χ1) is 9.24. The topological polar surface area (TPSA) is 68.0 Å². The van der Waals surface area contributed by atoms with E-state index in [2.05, 4.69) is 25.8 Å². The summed E-state index contributed by atoms with van der Waals surface area (Å²) in [5, 5.41) is 15.4. The molecule has 2 aromatic heterocycles. The molecule has 19 heavy (non-hydrogen) atoms. The lowest BCUT2D eigenvalue weighted by molar-refractivity contribution is 0.796. The van der Waals surface area contributed by atoms with Crippen LogP contribution in [0.25, 0.3) is 5.65 Å². The highest BCUT2D eigenvalue weighted by Gasteiger charge is 2.09. The smallest absolute Gasteiger partial charge is 0.199 e. The molecule has 0 aliphatic rings. The summed E-state index contributed by atoms with van der Waals surface area (Å²) in [7, 11) is 0. The normalized spacial score (nSPS) is 12.5. The lowest BCUT2D eigenvalue weighted by atomic mass is 10.1. The van der Waals surface area contributed by atoms with E-state index in [1.54, 1.807) is 16.9 Å². The van der Waals surface area contributed by atoms with Gasteiger partial charge in [-0.15, -0.1) is 5.10 Å². The van der Waals surface area contributed by atoms with Crippen molar-refractivity contribution >= 4 is 23.1 Å². The maximum absolute atomic E-state index is 5.88. The summed E-state index contributed by atoms with van der Waals surface area (Å²) in [4.78, 5) is 4.10. The third kappa shape index (κ3) is 2.34. The van der Waals surface area contributed by atoms with E-state index >= 15 is 0 Å². The summed E-state index contributed by atoms with van der Waals surface area (Å²) >= 11 is 5.88. The Hall–Kier alpha value is -2.21. The first kappa shape index (κ1) is 11.9. The number of halogens is 1. The van der Waals surface area contributed by atoms with Gasteiger partial charge in [-0.3, -0.25) is 4.98 Å². The van der Waals surface area contributed by atoms with Crippen molar-refractivity contribution < 1.29 is 0 Å². The van der Waals surface area contributed by atoms with Crippen LogP contribution in [0.2, 0.25) is 5.02 Å². The lowest BCUT2D eigenvalue weighted by Crippen LogP contribution is -2.10. The number of fused-ring (bicyclic) bond motifs is 1. The molecule has 3 rings (SSSR count). The second kappa shape index (κ2) is 4.81. The van der Waals surface area contributed by atoms with E-state index in [0.29, 0.717) is 5.65 Å². The quantitative estimate of drug-likeness (QED) is 0.794. The van der Waals surface area contributed by atoms with Crippen LogP contribution >= 0.6 is 11.6 Å². The van der Waals surface area contributed by atoms with E-state index < -0.39 is 0 Å². The maximum atomic E-state index is 5.88. The molecule has 0 saturated heterocycles. The highest BCUT2D eigenvalue weighted by Crippen LogP contribution is 2.20. The standard InChI is InChI=1S/C12H11ClN6/c1-8(9-2-4-10(13)5-3-9)15-11-6-14-7-12-16-17-18-19(11)12/h2-8,15H,1H3. The predicted molar refractivity (Wildman–Crippen MR) is 72.1 cm³/mol. The molecule has 0 bridgehead atoms. The van der Waals surface area contributed by atoms with Crippen LogP contribution in [0, 0.1) is 0 Å². The first-order valence-electron chi connectivity index (χ1n) is 5.78. The number of aromatic nitrogens is 5. The molecule has 0 aliphatic carbocycles. The van der Waals surface area contributed by atoms with Crippen molar-refractivity contribution in [3.63, 3.8) is 0 Å². The number of anilines is 1. The zero-order valence-electron chi connectivity index (χ0n) is 10.2. The molecule has 1 N–H and O–H groups in total. The Kier molecular flexibility index (Phi) is 3.00. The molecule has 2 heterocycles. The van der Waals surface area contributed by atoms with Gasteiger partial charge in [0.2, 0.25) is 0 Å². The molecule has 0 aliphatic heterocycles. The number of rotatable bonds is 3. The number of hydrogen-bond acceptors (Lipinski definition) is 5. The van der Waals surface area contributed by atoms with Crippen LogP contribution in [-0.4, -0.2) is 25.0 Å². The van der Waals surface area contributed by atoms with Crippen LogP contribution < -0.4 is 5.32 Å². The molecule has 3 aromatic rings. The Balaban J connectivity index is 1.88. The fourth-order valence-electron chi connectivity index (χ4n) is 1.83. The van der Waals surface area contributed by atoms with Crippen molar-refractivity contribution in [2.75, 3.05) is 5.32 Å². The summed E-state index contributed by atoms with van der Waals surface area (Å²) < 4.78 is 1.61. The Morgan fingerprint density at radius 1 is 1.21 bits per heavy atom. The fourth-order valence-corrected chi connectivity index (χ4v) is 1.96. The molecular weight excluding hydrogens is 264 g/mol. The highest BCUT2D eigenvalue weighted by atomic mass is 35.5. The molecule has 0 radical (unpaired) electrons. The summed E-state index contributed by atoms with van der Waals surface area (Å²) in [5.41, 5.74) is 1.72. The minimum atomic E-state index is 0.0915. The molecule has 0 fully saturated rings. The zero-order valence-corrected chi connectivity index (χ0v) is 10.9. The maximum Gasteiger partial charge on any atom is 0.199 e. The molecular formula is C12H11ClN6. The zero-order chi connectivity index (χ0) is 13.2. The molecule has 7 heteroatoms. The first-order valence-corrected chi connectivity index (χ1v) is 6.16. The van der Waals surface area contributed by atoms with Gasteiger partial charge in [0.1, 0.15) is 0 Å². The predicted octanol–water partition coefficient (Wildman–Crippen LogP) is 2.35. The van der Waals surface area contributed by atoms with E-state index in [4.69, 9.17) is 11.6 Å². The second-order valence-corrected chi connectivity index (χ2v) is 4.60. The van der Waals surface area contributed by atoms with Gasteiger partial charge >= 0.3 is 0 Å². The lowest BCUT2D eigenvalue weighted by Gasteiger charge is -2.15. The van der Waals surface area contributed by atoms with Gasteiger partial charge in [0.15, 0.2) is 11.5 Å². The number of hydrogen-bond donors (Lipinski definition) is 1. The molecule has 0 spiro atoms. The average molecular weight is 275 g/mol. The average Bonchev–Trinajstić information content (AvgIpc) is 2.89. The van der Waals surface area contributed by atoms with Gasteiger partial charge in [0.25, 0.3) is 0 Å². The Morgan fingerprint density at radius 3 is 2.79 bits per heavy atom. The van der Waals surface area contributed by atoms with E-state index in [1.807, 2.05) is 31.2 Å². The third-order valence-corrected chi connectivity index (χ3v) is 3.10. The SMILES string of the molecule is CC(Nc1cncc2nnnn12)c1ccc(Cl)cc1. The van der Waals surface area contributed by atoms with Crippen molar-refractivity contribution in [2.24, 2.45) is 0 Å². The molecule has 1 unspecified atom stereocenters. The van der Waals surface area contributed by atoms with Gasteiger partial charge < -0.3 is 5.32 Å². The van der Waals surface area contributed by atoms with Crippen molar-refractivity contribution in [1.82, 2.24) is 25.0 Å². The summed E-state index contributed by atoms with van der Waals surface area (Å²) in [6.07, 6.45) is 3.30. The van der Waals surface area contributed by atoms with Gasteiger partial charge in [-0.05, 0) is 35.0 Å². The third-order valence-electron chi connectivity index (χ3n) is 2.84. The minimum Gasteiger partial charge on any atom is -0.362 e. The van der Waals surface area contributed by atoms with Gasteiger partial charge in [0.05, 0.1) is 12.4 Å². The highest BCUT2D eigenvalue weighted by molar-refractivity contribution is 6.30. The van der Waals surface area contributed by atoms with E-state index in [9.17, 15) is 0 Å². The van der Waals surface area contributed by atoms with Crippen molar-refractivity contribution in [3.05, 3.63) is 47.2 Å². The van der Waals surface area contributed by atoms with Crippen LogP contribution in [0.4, 0.5) is 5.82 Å². The Morgan fingerprint density at radius 2 is 2.00 bits per heavy atom. The second-order valence-electron chi connectivity index (χ2n) is 4.16. The number of nitrogens with zero attached hydrogens (tertiary/aromatic N) is 5. The monoisotopic (exact) mass is 274 g/mol. The van der Waals surface area contributed by atoms with E-state index in [0.717, 1.165) is 16.4 Å². The summed E-state index contributed by atoms with van der Waals surface area (Å²) in [5.74, 6) is 0.741. The van der Waals surface area contributed by atoms with Gasteiger partial charge in [-0.1, -0.05) is 23.7 Å².